The predicted octanol–water partition coefficient (Wildman–Crippen LogP) is 2.97. The molecule has 0 aliphatic rings. The largest absolute Gasteiger partial charge is 0.416 e. The molecule has 0 heterocycles. The highest BCUT2D eigenvalue weighted by Gasteiger charge is 2.33. The Kier molecular flexibility index (Phi) is 4.24. The van der Waals surface area contributed by atoms with Crippen LogP contribution in [0, 0.1) is 11.3 Å². The number of hydrogen-bond acceptors (Lipinski definition) is 3. The molecule has 18 heavy (non-hydrogen) atoms. The van der Waals surface area contributed by atoms with E-state index >= 15 is 0 Å². The summed E-state index contributed by atoms with van der Waals surface area (Å²) in [7, 11) is 0. The summed E-state index contributed by atoms with van der Waals surface area (Å²) in [6, 6.07) is 2.62. The third-order valence-electron chi connectivity index (χ3n) is 2.14. The second-order valence-electron chi connectivity index (χ2n) is 3.27. The lowest BCUT2D eigenvalue weighted by Crippen LogP contribution is -2.12. The molecule has 0 amide bonds. The number of carbonyl (C=O) groups excluding carboxylic acids is 2. The summed E-state index contributed by atoms with van der Waals surface area (Å²) in [6.07, 6.45) is -4.55. The first-order chi connectivity index (χ1) is 8.35. The number of Topliss-reactive ketones (excluding diaryl/α,β-unsaturated/α-hetero) is 1. The zero-order valence-electron chi connectivity index (χ0n) is 8.71. The van der Waals surface area contributed by atoms with Gasteiger partial charge in [-0.15, -0.1) is 0 Å². The van der Waals surface area contributed by atoms with Gasteiger partial charge < -0.3 is 0 Å². The maximum atomic E-state index is 12.5. The van der Waals surface area contributed by atoms with Crippen molar-refractivity contribution in [3.8, 4) is 6.07 Å². The molecular formula is C11H5BrF3NO2. The number of halogens is 4. The molecule has 1 aromatic carbocycles. The molecule has 0 aromatic heterocycles. The first-order valence-corrected chi connectivity index (χ1v) is 5.67. The van der Waals surface area contributed by atoms with E-state index in [-0.39, 0.29) is 17.2 Å². The number of rotatable bonds is 3. The fraction of sp³-hybridized carbons (Fsp3) is 0.182. The smallest absolute Gasteiger partial charge is 0.298 e. The Morgan fingerprint density at radius 2 is 2.06 bits per heavy atom. The van der Waals surface area contributed by atoms with Crippen molar-refractivity contribution in [2.75, 3.05) is 5.33 Å². The minimum atomic E-state index is -4.68. The maximum Gasteiger partial charge on any atom is 0.416 e. The van der Waals surface area contributed by atoms with Crippen LogP contribution in [0.3, 0.4) is 0 Å². The molecule has 7 heteroatoms. The van der Waals surface area contributed by atoms with Gasteiger partial charge in [-0.05, 0) is 12.1 Å². The van der Waals surface area contributed by atoms with E-state index in [0.29, 0.717) is 12.1 Å². The van der Waals surface area contributed by atoms with Gasteiger partial charge in [0.25, 0.3) is 0 Å². The van der Waals surface area contributed by atoms with Gasteiger partial charge in [0.15, 0.2) is 12.1 Å². The highest BCUT2D eigenvalue weighted by molar-refractivity contribution is 9.09. The molecule has 94 valence electrons. The summed E-state index contributed by atoms with van der Waals surface area (Å²) < 4.78 is 37.5. The summed E-state index contributed by atoms with van der Waals surface area (Å²) in [6.45, 7) is 0. The number of ketones is 1. The van der Waals surface area contributed by atoms with Gasteiger partial charge >= 0.3 is 6.18 Å². The van der Waals surface area contributed by atoms with Crippen LogP contribution in [0.5, 0.6) is 0 Å². The van der Waals surface area contributed by atoms with Gasteiger partial charge in [0.1, 0.15) is 0 Å². The lowest BCUT2D eigenvalue weighted by atomic mass is 9.96. The molecule has 1 aromatic rings. The topological polar surface area (TPSA) is 57.9 Å². The van der Waals surface area contributed by atoms with Crippen LogP contribution in [0.4, 0.5) is 13.2 Å². The van der Waals surface area contributed by atoms with Crippen molar-refractivity contribution < 1.29 is 22.8 Å². The quantitative estimate of drug-likeness (QED) is 0.489. The first kappa shape index (κ1) is 14.4. The summed E-state index contributed by atoms with van der Waals surface area (Å²) in [5, 5.41) is 8.59. The fourth-order valence-corrected chi connectivity index (χ4v) is 1.67. The Balaban J connectivity index is 3.61. The Hall–Kier alpha value is -1.68. The zero-order chi connectivity index (χ0) is 13.9. The van der Waals surface area contributed by atoms with Crippen LogP contribution >= 0.6 is 15.9 Å². The van der Waals surface area contributed by atoms with E-state index in [4.69, 9.17) is 5.26 Å². The molecule has 0 aliphatic carbocycles. The van der Waals surface area contributed by atoms with E-state index < -0.39 is 28.6 Å². The van der Waals surface area contributed by atoms with Gasteiger partial charge in [0.2, 0.25) is 0 Å². The van der Waals surface area contributed by atoms with E-state index in [1.54, 1.807) is 0 Å². The van der Waals surface area contributed by atoms with Crippen LogP contribution in [0.2, 0.25) is 0 Å². The van der Waals surface area contributed by atoms with Crippen molar-refractivity contribution in [1.82, 2.24) is 0 Å². The molecule has 0 unspecified atom stereocenters. The van der Waals surface area contributed by atoms with Crippen LogP contribution in [-0.4, -0.2) is 17.4 Å². The average molecular weight is 320 g/mol. The Bertz CT molecular complexity index is 546. The zero-order valence-corrected chi connectivity index (χ0v) is 10.3. The Labute approximate surface area is 108 Å². The van der Waals surface area contributed by atoms with Crippen LogP contribution in [-0.2, 0) is 6.18 Å². The summed E-state index contributed by atoms with van der Waals surface area (Å²) in [5.74, 6) is -0.623. The van der Waals surface area contributed by atoms with E-state index in [2.05, 4.69) is 15.9 Å². The molecule has 3 nitrogen and oxygen atoms in total. The molecule has 0 radical (unpaired) electrons. The summed E-state index contributed by atoms with van der Waals surface area (Å²) in [4.78, 5) is 22.2. The molecule has 0 bridgehead atoms. The van der Waals surface area contributed by atoms with Gasteiger partial charge in [0, 0.05) is 11.1 Å². The van der Waals surface area contributed by atoms with Gasteiger partial charge in [0.05, 0.1) is 22.5 Å². The van der Waals surface area contributed by atoms with Crippen LogP contribution in [0.25, 0.3) is 0 Å². The Morgan fingerprint density at radius 1 is 1.44 bits per heavy atom. The van der Waals surface area contributed by atoms with E-state index in [1.165, 1.54) is 6.07 Å². The second-order valence-corrected chi connectivity index (χ2v) is 3.83. The highest BCUT2D eigenvalue weighted by atomic mass is 79.9. The van der Waals surface area contributed by atoms with Crippen molar-refractivity contribution in [2.24, 2.45) is 0 Å². The van der Waals surface area contributed by atoms with E-state index in [1.807, 2.05) is 0 Å². The molecule has 0 saturated heterocycles. The Morgan fingerprint density at radius 3 is 2.44 bits per heavy atom. The highest BCUT2D eigenvalue weighted by Crippen LogP contribution is 2.32. The minimum Gasteiger partial charge on any atom is -0.298 e. The standard InChI is InChI=1S/C11H5BrF3NO2/c12-3-9(18)10-6(4-16)1-8(11(13,14)15)2-7(10)5-17/h1-2,5H,3H2. The van der Waals surface area contributed by atoms with Crippen molar-refractivity contribution in [2.45, 2.75) is 6.18 Å². The fourth-order valence-electron chi connectivity index (χ4n) is 1.39. The third-order valence-corrected chi connectivity index (χ3v) is 2.65. The molecule has 1 rings (SSSR count). The van der Waals surface area contributed by atoms with Crippen LogP contribution < -0.4 is 0 Å². The molecule has 0 N–H and O–H groups in total. The van der Waals surface area contributed by atoms with Gasteiger partial charge in [-0.25, -0.2) is 0 Å². The number of aldehydes is 1. The number of nitrogens with zero attached hydrogens (tertiary/aromatic N) is 1. The van der Waals surface area contributed by atoms with Gasteiger partial charge in [-0.3, -0.25) is 9.59 Å². The summed E-state index contributed by atoms with van der Waals surface area (Å²) >= 11 is 2.84. The predicted molar refractivity (Wildman–Crippen MR) is 59.7 cm³/mol. The second kappa shape index (κ2) is 5.31. The van der Waals surface area contributed by atoms with Crippen molar-refractivity contribution in [3.05, 3.63) is 34.4 Å². The lowest BCUT2D eigenvalue weighted by Gasteiger charge is -2.11. The molecule has 0 atom stereocenters. The van der Waals surface area contributed by atoms with Crippen LogP contribution in [0.1, 0.15) is 31.8 Å². The summed E-state index contributed by atoms with van der Waals surface area (Å²) in [5.41, 5.74) is -2.33. The minimum absolute atomic E-state index is 0.131. The lowest BCUT2D eigenvalue weighted by molar-refractivity contribution is -0.137. The van der Waals surface area contributed by atoms with Crippen molar-refractivity contribution in [1.29, 1.82) is 5.26 Å². The molecule has 0 fully saturated rings. The first-order valence-electron chi connectivity index (χ1n) is 4.54. The monoisotopic (exact) mass is 319 g/mol. The maximum absolute atomic E-state index is 12.5. The number of carbonyl (C=O) groups is 2. The SMILES string of the molecule is N#Cc1cc(C(F)(F)F)cc(C=O)c1C(=O)CBr. The molecule has 0 aliphatic heterocycles. The number of alkyl halides is 4. The van der Waals surface area contributed by atoms with Crippen molar-refractivity contribution in [3.63, 3.8) is 0 Å². The number of hydrogen-bond donors (Lipinski definition) is 0. The average Bonchev–Trinajstić information content (AvgIpc) is 2.34. The molecule has 0 spiro atoms. The van der Waals surface area contributed by atoms with E-state index in [9.17, 15) is 22.8 Å². The molecule has 0 saturated carbocycles. The van der Waals surface area contributed by atoms with Crippen LogP contribution in [0.15, 0.2) is 12.1 Å². The number of benzene rings is 1. The molecular weight excluding hydrogens is 315 g/mol. The van der Waals surface area contributed by atoms with Crippen molar-refractivity contribution >= 4 is 28.0 Å². The van der Waals surface area contributed by atoms with Gasteiger partial charge in [-0.2, -0.15) is 18.4 Å². The van der Waals surface area contributed by atoms with E-state index in [0.717, 1.165) is 0 Å². The number of nitriles is 1. The normalized spacial score (nSPS) is 10.8. The third kappa shape index (κ3) is 2.76. The van der Waals surface area contributed by atoms with Gasteiger partial charge in [-0.1, -0.05) is 15.9 Å².